The van der Waals surface area contributed by atoms with Crippen LogP contribution >= 0.6 is 0 Å². The van der Waals surface area contributed by atoms with Gasteiger partial charge in [0.15, 0.2) is 0 Å². The molecule has 3 rings (SSSR count). The first kappa shape index (κ1) is 19.8. The molecule has 2 N–H and O–H groups in total. The zero-order valence-electron chi connectivity index (χ0n) is 16.0. The van der Waals surface area contributed by atoms with Crippen LogP contribution in [0.2, 0.25) is 0 Å². The lowest BCUT2D eigenvalue weighted by Crippen LogP contribution is -2.48. The number of aromatic nitrogens is 2. The lowest BCUT2D eigenvalue weighted by Gasteiger charge is -2.36. The molecular formula is C19H30N4O4. The smallest absolute Gasteiger partial charge is 0.295 e. The van der Waals surface area contributed by atoms with Crippen LogP contribution in [-0.2, 0) is 4.79 Å². The fourth-order valence-electron chi connectivity index (χ4n) is 4.21. The minimum absolute atomic E-state index is 0.0542. The van der Waals surface area contributed by atoms with Crippen LogP contribution < -0.4 is 5.48 Å². The molecule has 0 radical (unpaired) electrons. The van der Waals surface area contributed by atoms with E-state index < -0.39 is 5.91 Å². The first-order chi connectivity index (χ1) is 13.1. The van der Waals surface area contributed by atoms with Gasteiger partial charge >= 0.3 is 0 Å². The Labute approximate surface area is 159 Å². The van der Waals surface area contributed by atoms with Gasteiger partial charge in [0.2, 0.25) is 11.8 Å². The lowest BCUT2D eigenvalue weighted by molar-refractivity contribution is -0.129. The van der Waals surface area contributed by atoms with E-state index >= 15 is 0 Å². The van der Waals surface area contributed by atoms with E-state index in [9.17, 15) is 9.59 Å². The Morgan fingerprint density at radius 3 is 2.70 bits per heavy atom. The highest BCUT2D eigenvalue weighted by Gasteiger charge is 2.32. The molecule has 2 heterocycles. The average molecular weight is 378 g/mol. The summed E-state index contributed by atoms with van der Waals surface area (Å²) < 4.78 is 5.31. The van der Waals surface area contributed by atoms with Crippen molar-refractivity contribution in [1.82, 2.24) is 20.5 Å². The summed E-state index contributed by atoms with van der Waals surface area (Å²) in [4.78, 5) is 30.0. The van der Waals surface area contributed by atoms with E-state index in [-0.39, 0.29) is 24.1 Å². The van der Waals surface area contributed by atoms with E-state index in [0.717, 1.165) is 25.2 Å². The predicted molar refractivity (Wildman–Crippen MR) is 97.1 cm³/mol. The molecule has 0 spiro atoms. The van der Waals surface area contributed by atoms with Crippen molar-refractivity contribution in [3.05, 3.63) is 11.7 Å². The number of carbonyl (C=O) groups is 2. The van der Waals surface area contributed by atoms with Crippen molar-refractivity contribution in [2.75, 3.05) is 13.1 Å². The molecule has 2 amide bonds. The van der Waals surface area contributed by atoms with Gasteiger partial charge < -0.3 is 9.42 Å². The van der Waals surface area contributed by atoms with Crippen molar-refractivity contribution >= 4 is 11.8 Å². The van der Waals surface area contributed by atoms with Crippen LogP contribution in [0, 0.1) is 11.8 Å². The Kier molecular flexibility index (Phi) is 6.82. The van der Waals surface area contributed by atoms with Gasteiger partial charge in [-0.2, -0.15) is 4.98 Å². The number of hydrogen-bond donors (Lipinski definition) is 2. The van der Waals surface area contributed by atoms with Crippen LogP contribution in [0.15, 0.2) is 4.52 Å². The van der Waals surface area contributed by atoms with Gasteiger partial charge in [0.25, 0.3) is 11.7 Å². The topological polar surface area (TPSA) is 109 Å². The van der Waals surface area contributed by atoms with Gasteiger partial charge in [0, 0.05) is 25.4 Å². The van der Waals surface area contributed by atoms with Crippen LogP contribution in [0.3, 0.4) is 0 Å². The van der Waals surface area contributed by atoms with Crippen molar-refractivity contribution in [3.63, 3.8) is 0 Å². The van der Waals surface area contributed by atoms with E-state index in [2.05, 4.69) is 17.1 Å². The van der Waals surface area contributed by atoms with Gasteiger partial charge in [0.05, 0.1) is 0 Å². The monoisotopic (exact) mass is 378 g/mol. The van der Waals surface area contributed by atoms with Crippen molar-refractivity contribution in [2.45, 2.75) is 70.6 Å². The quantitative estimate of drug-likeness (QED) is 0.532. The number of nitrogens with one attached hydrogen (secondary N) is 1. The molecule has 0 bridgehead atoms. The number of carbonyl (C=O) groups excluding carboxylic acids is 2. The standard InChI is InChI=1S/C19H30N4O4/c1-13-11-23(12-13)19(25)17-20-18(27-22-17)15(10-16(24)21-26)9-5-8-14-6-3-2-4-7-14/h13-15,26H,2-12H2,1H3,(H,21,24)/t15-/m1/s1. The minimum Gasteiger partial charge on any atom is -0.338 e. The second kappa shape index (κ2) is 9.30. The normalized spacial score (nSPS) is 19.6. The molecule has 8 heteroatoms. The number of amides is 2. The molecule has 2 fully saturated rings. The summed E-state index contributed by atoms with van der Waals surface area (Å²) in [5, 5.41) is 12.7. The second-order valence-electron chi connectivity index (χ2n) is 8.14. The predicted octanol–water partition coefficient (Wildman–Crippen LogP) is 2.89. The van der Waals surface area contributed by atoms with Gasteiger partial charge in [-0.05, 0) is 18.3 Å². The third kappa shape index (κ3) is 5.28. The molecule has 27 heavy (non-hydrogen) atoms. The van der Waals surface area contributed by atoms with Crippen LogP contribution in [0.4, 0.5) is 0 Å². The number of hydrogen-bond acceptors (Lipinski definition) is 6. The fraction of sp³-hybridized carbons (Fsp3) is 0.789. The Hall–Kier alpha value is -1.96. The van der Waals surface area contributed by atoms with Crippen molar-refractivity contribution in [1.29, 1.82) is 0 Å². The first-order valence-electron chi connectivity index (χ1n) is 10.1. The zero-order valence-corrected chi connectivity index (χ0v) is 16.0. The number of hydroxylamine groups is 1. The maximum absolute atomic E-state index is 12.3. The van der Waals surface area contributed by atoms with Crippen LogP contribution in [0.5, 0.6) is 0 Å². The molecule has 1 saturated carbocycles. The highest BCUT2D eigenvalue weighted by molar-refractivity contribution is 5.90. The van der Waals surface area contributed by atoms with Gasteiger partial charge in [-0.25, -0.2) is 5.48 Å². The minimum atomic E-state index is -0.486. The fourth-order valence-corrected chi connectivity index (χ4v) is 4.21. The van der Waals surface area contributed by atoms with E-state index in [1.807, 2.05) is 0 Å². The van der Waals surface area contributed by atoms with E-state index in [1.54, 1.807) is 10.4 Å². The summed E-state index contributed by atoms with van der Waals surface area (Å²) >= 11 is 0. The molecular weight excluding hydrogens is 348 g/mol. The van der Waals surface area contributed by atoms with Crippen LogP contribution in [0.1, 0.15) is 87.1 Å². The number of likely N-dealkylation sites (tertiary alicyclic amines) is 1. The average Bonchev–Trinajstić information content (AvgIpc) is 3.15. The van der Waals surface area contributed by atoms with Gasteiger partial charge in [0.1, 0.15) is 0 Å². The molecule has 8 nitrogen and oxygen atoms in total. The van der Waals surface area contributed by atoms with Crippen molar-refractivity contribution < 1.29 is 19.3 Å². The third-order valence-electron chi connectivity index (χ3n) is 5.78. The zero-order chi connectivity index (χ0) is 19.2. The number of rotatable bonds is 8. The van der Waals surface area contributed by atoms with Crippen LogP contribution in [0.25, 0.3) is 0 Å². The second-order valence-corrected chi connectivity index (χ2v) is 8.14. The molecule has 0 unspecified atom stereocenters. The summed E-state index contributed by atoms with van der Waals surface area (Å²) in [7, 11) is 0. The van der Waals surface area contributed by atoms with E-state index in [4.69, 9.17) is 9.73 Å². The molecule has 2 aliphatic rings. The largest absolute Gasteiger partial charge is 0.338 e. The van der Waals surface area contributed by atoms with Crippen molar-refractivity contribution in [2.24, 2.45) is 11.8 Å². The van der Waals surface area contributed by atoms with Gasteiger partial charge in [-0.3, -0.25) is 14.8 Å². The molecule has 0 aromatic carbocycles. The maximum atomic E-state index is 12.3. The number of nitrogens with zero attached hydrogens (tertiary/aromatic N) is 3. The molecule has 1 aromatic rings. The lowest BCUT2D eigenvalue weighted by atomic mass is 9.84. The highest BCUT2D eigenvalue weighted by Crippen LogP contribution is 2.31. The molecule has 1 aliphatic carbocycles. The SMILES string of the molecule is CC1CN(C(=O)c2noc([C@H](CCCC3CCCCC3)CC(=O)NO)n2)C1. The van der Waals surface area contributed by atoms with Crippen LogP contribution in [-0.4, -0.2) is 45.2 Å². The van der Waals surface area contributed by atoms with E-state index in [1.165, 1.54) is 32.1 Å². The summed E-state index contributed by atoms with van der Waals surface area (Å²) in [5.41, 5.74) is 1.67. The van der Waals surface area contributed by atoms with Gasteiger partial charge in [-0.15, -0.1) is 0 Å². The van der Waals surface area contributed by atoms with E-state index in [0.29, 0.717) is 24.9 Å². The molecule has 1 saturated heterocycles. The molecule has 1 aliphatic heterocycles. The Bertz CT molecular complexity index is 635. The van der Waals surface area contributed by atoms with Gasteiger partial charge in [-0.1, -0.05) is 57.0 Å². The molecule has 1 atom stereocenters. The Morgan fingerprint density at radius 1 is 1.30 bits per heavy atom. The first-order valence-corrected chi connectivity index (χ1v) is 10.1. The third-order valence-corrected chi connectivity index (χ3v) is 5.78. The molecule has 150 valence electrons. The summed E-state index contributed by atoms with van der Waals surface area (Å²) in [6.07, 6.45) is 9.41. The summed E-state index contributed by atoms with van der Waals surface area (Å²) in [6, 6.07) is 0. The molecule has 1 aromatic heterocycles. The van der Waals surface area contributed by atoms with Crippen molar-refractivity contribution in [3.8, 4) is 0 Å². The summed E-state index contributed by atoms with van der Waals surface area (Å²) in [5.74, 6) is 0.624. The maximum Gasteiger partial charge on any atom is 0.295 e. The Morgan fingerprint density at radius 2 is 2.04 bits per heavy atom. The highest BCUT2D eigenvalue weighted by atomic mass is 16.5. The summed E-state index contributed by atoms with van der Waals surface area (Å²) in [6.45, 7) is 3.50. The Balaban J connectivity index is 1.58.